The molecule has 1 fully saturated rings. The van der Waals surface area contributed by atoms with Crippen LogP contribution in [0.25, 0.3) is 0 Å². The molecule has 0 unspecified atom stereocenters. The highest BCUT2D eigenvalue weighted by Crippen LogP contribution is 2.33. The summed E-state index contributed by atoms with van der Waals surface area (Å²) in [5, 5.41) is 10.5. The van der Waals surface area contributed by atoms with Crippen molar-refractivity contribution in [3.05, 3.63) is 23.0 Å². The van der Waals surface area contributed by atoms with Gasteiger partial charge in [-0.25, -0.2) is 0 Å². The van der Waals surface area contributed by atoms with E-state index >= 15 is 0 Å². The number of halogens is 1. The van der Waals surface area contributed by atoms with Crippen LogP contribution < -0.4 is 5.32 Å². The summed E-state index contributed by atoms with van der Waals surface area (Å²) >= 11 is 5.59. The Morgan fingerprint density at radius 3 is 2.82 bits per heavy atom. The van der Waals surface area contributed by atoms with Crippen LogP contribution in [0.1, 0.15) is 42.6 Å². The fourth-order valence-electron chi connectivity index (χ4n) is 1.69. The van der Waals surface area contributed by atoms with E-state index in [-0.39, 0.29) is 5.91 Å². The number of carbonyl (C=O) groups excluding carboxylic acids is 1. The van der Waals surface area contributed by atoms with Crippen LogP contribution in [-0.2, 0) is 0 Å². The predicted molar refractivity (Wildman–Crippen MR) is 66.0 cm³/mol. The number of nitrogens with one attached hydrogen (secondary N) is 1. The van der Waals surface area contributed by atoms with Gasteiger partial charge in [0.1, 0.15) is 0 Å². The van der Waals surface area contributed by atoms with Gasteiger partial charge in [-0.2, -0.15) is 0 Å². The lowest BCUT2D eigenvalue weighted by molar-refractivity contribution is 0.0947. The van der Waals surface area contributed by atoms with Gasteiger partial charge in [-0.3, -0.25) is 4.79 Å². The first-order valence-corrected chi connectivity index (χ1v) is 6.41. The molecule has 0 saturated heterocycles. The van der Waals surface area contributed by atoms with Crippen molar-refractivity contribution in [3.8, 4) is 0 Å². The molecule has 1 saturated carbocycles. The molecule has 92 valence electrons. The van der Waals surface area contributed by atoms with Crippen molar-refractivity contribution in [2.24, 2.45) is 5.92 Å². The SMILES string of the molecule is O=C(NCCCCC1CC1)c1ccc(Cl)nn1. The molecule has 0 bridgehead atoms. The van der Waals surface area contributed by atoms with Crippen molar-refractivity contribution in [2.75, 3.05) is 6.54 Å². The van der Waals surface area contributed by atoms with Crippen LogP contribution in [0.3, 0.4) is 0 Å². The number of rotatable bonds is 6. The van der Waals surface area contributed by atoms with E-state index < -0.39 is 0 Å². The summed E-state index contributed by atoms with van der Waals surface area (Å²) in [6.45, 7) is 0.704. The van der Waals surface area contributed by atoms with Crippen LogP contribution in [0.5, 0.6) is 0 Å². The zero-order valence-corrected chi connectivity index (χ0v) is 10.4. The lowest BCUT2D eigenvalue weighted by atomic mass is 10.2. The zero-order valence-electron chi connectivity index (χ0n) is 9.66. The lowest BCUT2D eigenvalue weighted by Gasteiger charge is -2.03. The Morgan fingerprint density at radius 1 is 1.35 bits per heavy atom. The van der Waals surface area contributed by atoms with Crippen molar-refractivity contribution < 1.29 is 4.79 Å². The Kier molecular flexibility index (Phi) is 4.31. The van der Waals surface area contributed by atoms with Gasteiger partial charge in [-0.05, 0) is 24.5 Å². The molecule has 1 N–H and O–H groups in total. The third-order valence-corrected chi connectivity index (χ3v) is 3.09. The molecule has 4 nitrogen and oxygen atoms in total. The van der Waals surface area contributed by atoms with Crippen molar-refractivity contribution in [1.82, 2.24) is 15.5 Å². The highest BCUT2D eigenvalue weighted by molar-refractivity contribution is 6.29. The zero-order chi connectivity index (χ0) is 12.1. The van der Waals surface area contributed by atoms with E-state index in [4.69, 9.17) is 11.6 Å². The first-order chi connectivity index (χ1) is 8.25. The maximum absolute atomic E-state index is 11.6. The first-order valence-electron chi connectivity index (χ1n) is 6.03. The molecule has 1 heterocycles. The van der Waals surface area contributed by atoms with Crippen molar-refractivity contribution >= 4 is 17.5 Å². The lowest BCUT2D eigenvalue weighted by Crippen LogP contribution is -2.25. The summed E-state index contributed by atoms with van der Waals surface area (Å²) < 4.78 is 0. The van der Waals surface area contributed by atoms with Crippen LogP contribution in [0.2, 0.25) is 5.15 Å². The number of aromatic nitrogens is 2. The summed E-state index contributed by atoms with van der Waals surface area (Å²) in [6, 6.07) is 3.14. The highest BCUT2D eigenvalue weighted by Gasteiger charge is 2.19. The fourth-order valence-corrected chi connectivity index (χ4v) is 1.79. The van der Waals surface area contributed by atoms with E-state index in [1.165, 1.54) is 25.7 Å². The quantitative estimate of drug-likeness (QED) is 0.793. The predicted octanol–water partition coefficient (Wildman–Crippen LogP) is 2.44. The molecular weight excluding hydrogens is 238 g/mol. The van der Waals surface area contributed by atoms with Gasteiger partial charge < -0.3 is 5.32 Å². The summed E-state index contributed by atoms with van der Waals surface area (Å²) in [7, 11) is 0. The molecule has 1 aliphatic rings. The summed E-state index contributed by atoms with van der Waals surface area (Å²) in [5.74, 6) is 0.786. The van der Waals surface area contributed by atoms with E-state index in [9.17, 15) is 4.79 Å². The second-order valence-electron chi connectivity index (χ2n) is 4.44. The van der Waals surface area contributed by atoms with Crippen LogP contribution >= 0.6 is 11.6 Å². The van der Waals surface area contributed by atoms with Crippen LogP contribution in [-0.4, -0.2) is 22.6 Å². The van der Waals surface area contributed by atoms with E-state index in [1.807, 2.05) is 0 Å². The topological polar surface area (TPSA) is 54.9 Å². The van der Waals surface area contributed by atoms with Gasteiger partial charge in [-0.15, -0.1) is 10.2 Å². The minimum absolute atomic E-state index is 0.180. The van der Waals surface area contributed by atoms with Crippen LogP contribution in [0.4, 0.5) is 0 Å². The minimum Gasteiger partial charge on any atom is -0.351 e. The molecule has 0 atom stereocenters. The van der Waals surface area contributed by atoms with Gasteiger partial charge >= 0.3 is 0 Å². The normalized spacial score (nSPS) is 14.6. The molecule has 1 aliphatic carbocycles. The highest BCUT2D eigenvalue weighted by atomic mass is 35.5. The second kappa shape index (κ2) is 5.96. The van der Waals surface area contributed by atoms with E-state index in [0.29, 0.717) is 17.4 Å². The summed E-state index contributed by atoms with van der Waals surface area (Å²) in [4.78, 5) is 11.6. The van der Waals surface area contributed by atoms with Crippen LogP contribution in [0.15, 0.2) is 12.1 Å². The van der Waals surface area contributed by atoms with Gasteiger partial charge in [0, 0.05) is 6.54 Å². The molecule has 0 radical (unpaired) electrons. The number of unbranched alkanes of at least 4 members (excludes halogenated alkanes) is 1. The Hall–Kier alpha value is -1.16. The first kappa shape index (κ1) is 12.3. The second-order valence-corrected chi connectivity index (χ2v) is 4.82. The van der Waals surface area contributed by atoms with Crippen molar-refractivity contribution in [3.63, 3.8) is 0 Å². The van der Waals surface area contributed by atoms with Crippen molar-refractivity contribution in [1.29, 1.82) is 0 Å². The third kappa shape index (κ3) is 4.30. The third-order valence-electron chi connectivity index (χ3n) is 2.89. The Balaban J connectivity index is 1.64. The van der Waals surface area contributed by atoms with E-state index in [0.717, 1.165) is 12.3 Å². The minimum atomic E-state index is -0.180. The molecule has 0 aliphatic heterocycles. The van der Waals surface area contributed by atoms with Gasteiger partial charge in [0.05, 0.1) is 0 Å². The molecule has 0 aromatic carbocycles. The largest absolute Gasteiger partial charge is 0.351 e. The van der Waals surface area contributed by atoms with Gasteiger partial charge in [0.25, 0.3) is 5.91 Å². The fraction of sp³-hybridized carbons (Fsp3) is 0.583. The van der Waals surface area contributed by atoms with E-state index in [1.54, 1.807) is 12.1 Å². The average Bonchev–Trinajstić information content (AvgIpc) is 3.13. The molecule has 2 rings (SSSR count). The van der Waals surface area contributed by atoms with Gasteiger partial charge in [0.2, 0.25) is 0 Å². The molecule has 5 heteroatoms. The molecule has 1 aromatic rings. The van der Waals surface area contributed by atoms with Crippen molar-refractivity contribution in [2.45, 2.75) is 32.1 Å². The number of hydrogen-bond acceptors (Lipinski definition) is 3. The van der Waals surface area contributed by atoms with Gasteiger partial charge in [0.15, 0.2) is 10.8 Å². The van der Waals surface area contributed by atoms with Gasteiger partial charge in [-0.1, -0.05) is 37.3 Å². The van der Waals surface area contributed by atoms with E-state index in [2.05, 4.69) is 15.5 Å². The maximum atomic E-state index is 11.6. The number of nitrogens with zero attached hydrogens (tertiary/aromatic N) is 2. The summed E-state index contributed by atoms with van der Waals surface area (Å²) in [5.41, 5.74) is 0.316. The molecule has 1 amide bonds. The monoisotopic (exact) mass is 253 g/mol. The molecular formula is C12H16ClN3O. The Labute approximate surface area is 106 Å². The Bertz CT molecular complexity index is 376. The standard InChI is InChI=1S/C12H16ClN3O/c13-11-7-6-10(15-16-11)12(17)14-8-2-1-3-9-4-5-9/h6-7,9H,1-5,8H2,(H,14,17). The molecule has 0 spiro atoms. The number of hydrogen-bond donors (Lipinski definition) is 1. The number of carbonyl (C=O) groups is 1. The molecule has 17 heavy (non-hydrogen) atoms. The Morgan fingerprint density at radius 2 is 2.18 bits per heavy atom. The smallest absolute Gasteiger partial charge is 0.271 e. The summed E-state index contributed by atoms with van der Waals surface area (Å²) in [6.07, 6.45) is 6.32. The number of amides is 1. The maximum Gasteiger partial charge on any atom is 0.271 e. The molecule has 1 aromatic heterocycles. The van der Waals surface area contributed by atoms with Crippen LogP contribution in [0, 0.1) is 5.92 Å². The average molecular weight is 254 g/mol.